The number of esters is 1. The molecule has 0 aromatic heterocycles. The van der Waals surface area contributed by atoms with E-state index < -0.39 is 46.9 Å². The molecule has 36 heavy (non-hydrogen) atoms. The number of rotatable bonds is 7. The zero-order valence-electron chi connectivity index (χ0n) is 21.8. The van der Waals surface area contributed by atoms with Crippen molar-refractivity contribution in [2.75, 3.05) is 6.61 Å². The second-order valence-electron chi connectivity index (χ2n) is 13.0. The molecule has 8 nitrogen and oxygen atoms in total. The normalized spacial score (nSPS) is 39.9. The molecule has 7 unspecified atom stereocenters. The second-order valence-corrected chi connectivity index (χ2v) is 13.0. The fourth-order valence-electron chi connectivity index (χ4n) is 8.33. The van der Waals surface area contributed by atoms with Crippen LogP contribution in [0.5, 0.6) is 0 Å². The van der Waals surface area contributed by atoms with Gasteiger partial charge in [0.25, 0.3) is 0 Å². The van der Waals surface area contributed by atoms with Gasteiger partial charge in [-0.3, -0.25) is 19.2 Å². The number of ether oxygens (including phenoxy) is 1. The number of allylic oxidation sites excluding steroid dienone is 1. The number of carbonyl (C=O) groups is 4. The van der Waals surface area contributed by atoms with Crippen molar-refractivity contribution >= 4 is 23.5 Å². The predicted octanol–water partition coefficient (Wildman–Crippen LogP) is 3.22. The molecule has 4 aliphatic rings. The zero-order chi connectivity index (χ0) is 26.7. The molecule has 200 valence electrons. The van der Waals surface area contributed by atoms with Crippen molar-refractivity contribution in [1.82, 2.24) is 0 Å². The number of aliphatic hydroxyl groups excluding tert-OH is 1. The Hall–Kier alpha value is -2.06. The smallest absolute Gasteiger partial charge is 0.306 e. The van der Waals surface area contributed by atoms with Gasteiger partial charge < -0.3 is 20.1 Å². The van der Waals surface area contributed by atoms with Crippen LogP contribution in [0.1, 0.15) is 85.5 Å². The number of hydrogen-bond acceptors (Lipinski definition) is 7. The van der Waals surface area contributed by atoms with Gasteiger partial charge in [-0.1, -0.05) is 33.3 Å². The molecule has 4 aliphatic carbocycles. The van der Waals surface area contributed by atoms with Crippen LogP contribution < -0.4 is 0 Å². The van der Waals surface area contributed by atoms with Crippen LogP contribution in [0.2, 0.25) is 0 Å². The van der Waals surface area contributed by atoms with Crippen molar-refractivity contribution in [1.29, 1.82) is 0 Å². The molecule has 0 amide bonds. The highest BCUT2D eigenvalue weighted by Crippen LogP contribution is 2.67. The van der Waals surface area contributed by atoms with Crippen LogP contribution >= 0.6 is 0 Å². The fraction of sp³-hybridized carbons (Fsp3) is 0.786. The number of fused-ring (bicyclic) bond motifs is 5. The first kappa shape index (κ1) is 27.0. The van der Waals surface area contributed by atoms with E-state index in [1.807, 2.05) is 6.92 Å². The van der Waals surface area contributed by atoms with Gasteiger partial charge in [0.05, 0.1) is 18.9 Å². The Morgan fingerprint density at radius 2 is 1.81 bits per heavy atom. The summed E-state index contributed by atoms with van der Waals surface area (Å²) >= 11 is 0. The average Bonchev–Trinajstić information content (AvgIpc) is 3.02. The van der Waals surface area contributed by atoms with Crippen LogP contribution in [-0.4, -0.2) is 57.1 Å². The van der Waals surface area contributed by atoms with Crippen LogP contribution in [0.3, 0.4) is 0 Å². The molecule has 0 aromatic rings. The minimum atomic E-state index is -1.71. The van der Waals surface area contributed by atoms with E-state index in [0.717, 1.165) is 24.8 Å². The first-order valence-corrected chi connectivity index (χ1v) is 13.2. The molecule has 3 fully saturated rings. The Labute approximate surface area is 212 Å². The average molecular weight is 505 g/mol. The van der Waals surface area contributed by atoms with E-state index in [4.69, 9.17) is 9.84 Å². The minimum Gasteiger partial charge on any atom is -0.481 e. The van der Waals surface area contributed by atoms with Crippen molar-refractivity contribution in [3.05, 3.63) is 11.6 Å². The summed E-state index contributed by atoms with van der Waals surface area (Å²) in [5.74, 6) is -1.94. The third kappa shape index (κ3) is 4.34. The molecule has 8 heteroatoms. The Morgan fingerprint density at radius 1 is 1.11 bits per heavy atom. The third-order valence-electron chi connectivity index (χ3n) is 10.1. The molecule has 0 radical (unpaired) electrons. The molecular weight excluding hydrogens is 464 g/mol. The van der Waals surface area contributed by atoms with Crippen molar-refractivity contribution in [3.63, 3.8) is 0 Å². The van der Waals surface area contributed by atoms with Crippen molar-refractivity contribution < 1.29 is 39.2 Å². The SMILES string of the molecule is CC(C)(CC(=O)O)CC(=O)OCC(=O)C1(O)CCC2C3CCC4=CC(=O)CCC4(C)C3C(O)CC21C. The topological polar surface area (TPSA) is 138 Å². The van der Waals surface area contributed by atoms with E-state index in [1.54, 1.807) is 19.9 Å². The summed E-state index contributed by atoms with van der Waals surface area (Å²) in [6, 6.07) is 0. The standard InChI is InChI=1S/C28H40O8/c1-25(2,13-22(32)33)14-23(34)36-15-21(31)28(35)10-8-19-18-6-5-16-11-17(29)7-9-26(16,3)24(18)20(30)12-27(19,28)4/h11,18-20,24,30,35H,5-10,12-15H2,1-4H3,(H,32,33). The molecular formula is C28H40O8. The van der Waals surface area contributed by atoms with E-state index in [9.17, 15) is 29.4 Å². The molecule has 3 N–H and O–H groups in total. The van der Waals surface area contributed by atoms with Gasteiger partial charge in [-0.05, 0) is 73.2 Å². The molecule has 7 atom stereocenters. The summed E-state index contributed by atoms with van der Waals surface area (Å²) < 4.78 is 5.21. The number of carbonyl (C=O) groups excluding carboxylic acids is 3. The van der Waals surface area contributed by atoms with Gasteiger partial charge >= 0.3 is 11.9 Å². The first-order chi connectivity index (χ1) is 16.6. The predicted molar refractivity (Wildman–Crippen MR) is 130 cm³/mol. The monoisotopic (exact) mass is 504 g/mol. The van der Waals surface area contributed by atoms with E-state index in [2.05, 4.69) is 6.92 Å². The van der Waals surface area contributed by atoms with Gasteiger partial charge in [-0.25, -0.2) is 0 Å². The van der Waals surface area contributed by atoms with E-state index in [-0.39, 0.29) is 54.6 Å². The zero-order valence-corrected chi connectivity index (χ0v) is 21.8. The van der Waals surface area contributed by atoms with Crippen LogP contribution in [0, 0.1) is 34.0 Å². The summed E-state index contributed by atoms with van der Waals surface area (Å²) in [5.41, 5.74) is -2.49. The summed E-state index contributed by atoms with van der Waals surface area (Å²) in [6.07, 6.45) is 4.70. The van der Waals surface area contributed by atoms with Gasteiger partial charge in [-0.15, -0.1) is 0 Å². The molecule has 0 spiro atoms. The largest absolute Gasteiger partial charge is 0.481 e. The highest BCUT2D eigenvalue weighted by Gasteiger charge is 2.68. The minimum absolute atomic E-state index is 0.0181. The summed E-state index contributed by atoms with van der Waals surface area (Å²) in [4.78, 5) is 48.7. The molecule has 0 heterocycles. The van der Waals surface area contributed by atoms with Crippen LogP contribution in [0.4, 0.5) is 0 Å². The maximum absolute atomic E-state index is 13.3. The van der Waals surface area contributed by atoms with Crippen LogP contribution in [0.25, 0.3) is 0 Å². The van der Waals surface area contributed by atoms with Crippen molar-refractivity contribution in [3.8, 4) is 0 Å². The quantitative estimate of drug-likeness (QED) is 0.449. The van der Waals surface area contributed by atoms with Gasteiger partial charge in [0.15, 0.2) is 12.4 Å². The molecule has 0 aromatic carbocycles. The van der Waals surface area contributed by atoms with Crippen LogP contribution in [-0.2, 0) is 23.9 Å². The lowest BCUT2D eigenvalue weighted by molar-refractivity contribution is -0.184. The molecule has 4 rings (SSSR count). The summed E-state index contributed by atoms with van der Waals surface area (Å²) in [6.45, 7) is 6.77. The molecule has 0 aliphatic heterocycles. The molecule has 3 saturated carbocycles. The van der Waals surface area contributed by atoms with Gasteiger partial charge in [-0.2, -0.15) is 0 Å². The lowest BCUT2D eigenvalue weighted by atomic mass is 9.45. The number of Topliss-reactive ketones (excluding diaryl/α,β-unsaturated/α-hetero) is 1. The molecule has 0 saturated heterocycles. The van der Waals surface area contributed by atoms with E-state index in [1.165, 1.54) is 0 Å². The first-order valence-electron chi connectivity index (χ1n) is 13.2. The number of hydrogen-bond donors (Lipinski definition) is 3. The van der Waals surface area contributed by atoms with Crippen LogP contribution in [0.15, 0.2) is 11.6 Å². The number of carboxylic acids is 1. The number of aliphatic hydroxyl groups is 2. The summed E-state index contributed by atoms with van der Waals surface area (Å²) in [5, 5.41) is 32.2. The highest BCUT2D eigenvalue weighted by molar-refractivity contribution is 5.92. The third-order valence-corrected chi connectivity index (χ3v) is 10.1. The van der Waals surface area contributed by atoms with Crippen molar-refractivity contribution in [2.24, 2.45) is 34.0 Å². The number of ketones is 2. The Kier molecular flexibility index (Phi) is 6.78. The van der Waals surface area contributed by atoms with Gasteiger partial charge in [0, 0.05) is 11.8 Å². The number of carboxylic acid groups (broad SMARTS) is 1. The Morgan fingerprint density at radius 3 is 2.47 bits per heavy atom. The Balaban J connectivity index is 1.49. The molecule has 0 bridgehead atoms. The maximum Gasteiger partial charge on any atom is 0.306 e. The van der Waals surface area contributed by atoms with E-state index in [0.29, 0.717) is 12.8 Å². The summed E-state index contributed by atoms with van der Waals surface area (Å²) in [7, 11) is 0. The highest BCUT2D eigenvalue weighted by atomic mass is 16.5. The lowest BCUT2D eigenvalue weighted by Crippen LogP contribution is -2.62. The second kappa shape index (κ2) is 9.05. The van der Waals surface area contributed by atoms with Gasteiger partial charge in [0.2, 0.25) is 5.78 Å². The fourth-order valence-corrected chi connectivity index (χ4v) is 8.33. The maximum atomic E-state index is 13.3. The van der Waals surface area contributed by atoms with Crippen molar-refractivity contribution in [2.45, 2.75) is 97.2 Å². The van der Waals surface area contributed by atoms with Gasteiger partial charge in [0.1, 0.15) is 5.60 Å². The van der Waals surface area contributed by atoms with E-state index >= 15 is 0 Å². The Bertz CT molecular complexity index is 998. The lowest BCUT2D eigenvalue weighted by Gasteiger charge is -2.60. The number of aliphatic carboxylic acids is 1.